The van der Waals surface area contributed by atoms with E-state index in [4.69, 9.17) is 16.0 Å². The van der Waals surface area contributed by atoms with Crippen LogP contribution in [0.15, 0.2) is 46.9 Å². The number of aromatic nitrogens is 1. The van der Waals surface area contributed by atoms with Crippen molar-refractivity contribution >= 4 is 28.4 Å². The molecule has 1 atom stereocenters. The van der Waals surface area contributed by atoms with E-state index >= 15 is 0 Å². The Morgan fingerprint density at radius 1 is 1.27 bits per heavy atom. The van der Waals surface area contributed by atoms with E-state index < -0.39 is 6.10 Å². The Morgan fingerprint density at radius 2 is 2.14 bits per heavy atom. The maximum Gasteiger partial charge on any atom is 0.227 e. The van der Waals surface area contributed by atoms with Crippen LogP contribution in [0.1, 0.15) is 0 Å². The molecule has 1 unspecified atom stereocenters. The monoisotopic (exact) mass is 320 g/mol. The van der Waals surface area contributed by atoms with Crippen LogP contribution in [-0.2, 0) is 0 Å². The lowest BCUT2D eigenvalue weighted by Crippen LogP contribution is -2.20. The summed E-state index contributed by atoms with van der Waals surface area (Å²) >= 11 is 5.55. The average molecular weight is 321 g/mol. The molecule has 4 nitrogen and oxygen atoms in total. The molecule has 0 bridgehead atoms. The molecule has 0 amide bonds. The highest BCUT2D eigenvalue weighted by molar-refractivity contribution is 6.18. The number of aliphatic hydroxyl groups is 1. The lowest BCUT2D eigenvalue weighted by atomic mass is 10.2. The van der Waals surface area contributed by atoms with Gasteiger partial charge in [-0.3, -0.25) is 0 Å². The van der Waals surface area contributed by atoms with Crippen LogP contribution in [0.5, 0.6) is 0 Å². The standard InChI is InChI=1S/C16H14ClFN2O2/c17-8-13(21)9-19-12-4-5-15-14(7-12)20-16(22-15)10-2-1-3-11(18)6-10/h1-7,13,19,21H,8-9H2. The predicted molar refractivity (Wildman–Crippen MR) is 84.6 cm³/mol. The third-order valence-corrected chi connectivity index (χ3v) is 3.54. The first kappa shape index (κ1) is 14.8. The van der Waals surface area contributed by atoms with E-state index in [1.54, 1.807) is 18.2 Å². The van der Waals surface area contributed by atoms with Crippen molar-refractivity contribution in [3.05, 3.63) is 48.3 Å². The fraction of sp³-hybridized carbons (Fsp3) is 0.188. The van der Waals surface area contributed by atoms with Gasteiger partial charge in [-0.1, -0.05) is 6.07 Å². The molecule has 1 heterocycles. The molecule has 2 N–H and O–H groups in total. The maximum atomic E-state index is 13.3. The van der Waals surface area contributed by atoms with Crippen molar-refractivity contribution in [1.29, 1.82) is 0 Å². The highest BCUT2D eigenvalue weighted by Gasteiger charge is 2.10. The molecule has 3 aromatic rings. The topological polar surface area (TPSA) is 58.3 Å². The normalized spacial score (nSPS) is 12.5. The van der Waals surface area contributed by atoms with E-state index in [1.807, 2.05) is 12.1 Å². The minimum Gasteiger partial charge on any atom is -0.436 e. The number of anilines is 1. The van der Waals surface area contributed by atoms with E-state index in [0.29, 0.717) is 29.1 Å². The third kappa shape index (κ3) is 3.21. The summed E-state index contributed by atoms with van der Waals surface area (Å²) in [6, 6.07) is 11.5. The van der Waals surface area contributed by atoms with Gasteiger partial charge in [0.1, 0.15) is 11.3 Å². The first-order valence-electron chi connectivity index (χ1n) is 6.80. The Kier molecular flexibility index (Phi) is 4.27. The van der Waals surface area contributed by atoms with Crippen molar-refractivity contribution in [2.24, 2.45) is 0 Å². The van der Waals surface area contributed by atoms with Crippen LogP contribution >= 0.6 is 11.6 Å². The number of hydrogen-bond acceptors (Lipinski definition) is 4. The van der Waals surface area contributed by atoms with E-state index in [0.717, 1.165) is 5.69 Å². The van der Waals surface area contributed by atoms with Gasteiger partial charge in [-0.25, -0.2) is 9.37 Å². The lowest BCUT2D eigenvalue weighted by molar-refractivity contribution is 0.211. The molecule has 6 heteroatoms. The SMILES string of the molecule is OC(CCl)CNc1ccc2oc(-c3cccc(F)c3)nc2c1. The molecule has 0 aliphatic rings. The second-order valence-electron chi connectivity index (χ2n) is 4.90. The molecule has 22 heavy (non-hydrogen) atoms. The number of halogens is 2. The van der Waals surface area contributed by atoms with E-state index in [2.05, 4.69) is 10.3 Å². The summed E-state index contributed by atoms with van der Waals surface area (Å²) in [6.07, 6.45) is -0.613. The summed E-state index contributed by atoms with van der Waals surface area (Å²) in [5.74, 6) is 0.202. The van der Waals surface area contributed by atoms with Gasteiger partial charge in [0.15, 0.2) is 5.58 Å². The molecule has 0 aliphatic heterocycles. The molecular weight excluding hydrogens is 307 g/mol. The van der Waals surface area contributed by atoms with Crippen LogP contribution < -0.4 is 5.32 Å². The zero-order valence-electron chi connectivity index (χ0n) is 11.6. The van der Waals surface area contributed by atoms with E-state index in [9.17, 15) is 9.50 Å². The van der Waals surface area contributed by atoms with Crippen LogP contribution in [0.2, 0.25) is 0 Å². The number of nitrogens with zero attached hydrogens (tertiary/aromatic N) is 1. The Labute approximate surface area is 131 Å². The first-order chi connectivity index (χ1) is 10.7. The van der Waals surface area contributed by atoms with Gasteiger partial charge >= 0.3 is 0 Å². The van der Waals surface area contributed by atoms with Crippen molar-refractivity contribution in [3.8, 4) is 11.5 Å². The Hall–Kier alpha value is -2.11. The second-order valence-corrected chi connectivity index (χ2v) is 5.21. The van der Waals surface area contributed by atoms with Crippen molar-refractivity contribution in [3.63, 3.8) is 0 Å². The molecule has 0 saturated carbocycles. The van der Waals surface area contributed by atoms with Gasteiger partial charge < -0.3 is 14.8 Å². The van der Waals surface area contributed by atoms with Crippen LogP contribution in [0.25, 0.3) is 22.6 Å². The first-order valence-corrected chi connectivity index (χ1v) is 7.33. The molecule has 114 valence electrons. The number of nitrogens with one attached hydrogen (secondary N) is 1. The molecule has 2 aromatic carbocycles. The highest BCUT2D eigenvalue weighted by Crippen LogP contribution is 2.26. The minimum absolute atomic E-state index is 0.170. The lowest BCUT2D eigenvalue weighted by Gasteiger charge is -2.09. The average Bonchev–Trinajstić information content (AvgIpc) is 2.95. The van der Waals surface area contributed by atoms with Crippen molar-refractivity contribution < 1.29 is 13.9 Å². The maximum absolute atomic E-state index is 13.3. The number of fused-ring (bicyclic) bond motifs is 1. The smallest absolute Gasteiger partial charge is 0.227 e. The van der Waals surface area contributed by atoms with Gasteiger partial charge in [-0.05, 0) is 36.4 Å². The summed E-state index contributed by atoms with van der Waals surface area (Å²) < 4.78 is 18.9. The zero-order valence-corrected chi connectivity index (χ0v) is 12.3. The third-order valence-electron chi connectivity index (χ3n) is 3.18. The number of benzene rings is 2. The molecule has 0 aliphatic carbocycles. The van der Waals surface area contributed by atoms with Crippen LogP contribution in [0.4, 0.5) is 10.1 Å². The van der Waals surface area contributed by atoms with Gasteiger partial charge in [-0.2, -0.15) is 0 Å². The van der Waals surface area contributed by atoms with E-state index in [-0.39, 0.29) is 11.7 Å². The van der Waals surface area contributed by atoms with Crippen molar-refractivity contribution in [2.45, 2.75) is 6.10 Å². The van der Waals surface area contributed by atoms with Crippen molar-refractivity contribution in [1.82, 2.24) is 4.98 Å². The molecule has 3 rings (SSSR count). The Balaban J connectivity index is 1.87. The summed E-state index contributed by atoms with van der Waals surface area (Å²) in [5.41, 5.74) is 2.66. The van der Waals surface area contributed by atoms with E-state index in [1.165, 1.54) is 12.1 Å². The van der Waals surface area contributed by atoms with Gasteiger partial charge in [-0.15, -0.1) is 11.6 Å². The molecule has 0 fully saturated rings. The van der Waals surface area contributed by atoms with Gasteiger partial charge in [0, 0.05) is 17.8 Å². The Morgan fingerprint density at radius 3 is 2.91 bits per heavy atom. The highest BCUT2D eigenvalue weighted by atomic mass is 35.5. The van der Waals surface area contributed by atoms with Crippen molar-refractivity contribution in [2.75, 3.05) is 17.7 Å². The molecular formula is C16H14ClFN2O2. The minimum atomic E-state index is -0.613. The van der Waals surface area contributed by atoms with Gasteiger partial charge in [0.25, 0.3) is 0 Å². The van der Waals surface area contributed by atoms with Crippen LogP contribution in [0, 0.1) is 5.82 Å². The fourth-order valence-electron chi connectivity index (χ4n) is 2.07. The number of rotatable bonds is 5. The molecule has 0 spiro atoms. The Bertz CT molecular complexity index is 791. The predicted octanol–water partition coefficient (Wildman–Crippen LogP) is 3.65. The number of oxazole rings is 1. The summed E-state index contributed by atoms with van der Waals surface area (Å²) in [7, 11) is 0. The molecule has 0 radical (unpaired) electrons. The molecule has 1 aromatic heterocycles. The quantitative estimate of drug-likeness (QED) is 0.705. The summed E-state index contributed by atoms with van der Waals surface area (Å²) in [6.45, 7) is 0.351. The van der Waals surface area contributed by atoms with Gasteiger partial charge in [0.05, 0.1) is 12.0 Å². The second kappa shape index (κ2) is 6.34. The number of alkyl halides is 1. The van der Waals surface area contributed by atoms with Crippen LogP contribution in [0.3, 0.4) is 0 Å². The summed E-state index contributed by atoms with van der Waals surface area (Å²) in [4.78, 5) is 4.37. The number of aliphatic hydroxyl groups excluding tert-OH is 1. The largest absolute Gasteiger partial charge is 0.436 e. The summed E-state index contributed by atoms with van der Waals surface area (Å²) in [5, 5.41) is 12.5. The molecule has 0 saturated heterocycles. The van der Waals surface area contributed by atoms with Gasteiger partial charge in [0.2, 0.25) is 5.89 Å². The zero-order chi connectivity index (χ0) is 15.5. The number of hydrogen-bond donors (Lipinski definition) is 2. The van der Waals surface area contributed by atoms with Crippen LogP contribution in [-0.4, -0.2) is 28.6 Å². The fourth-order valence-corrected chi connectivity index (χ4v) is 2.18.